The largest absolute Gasteiger partial charge is 0.444 e. The monoisotopic (exact) mass is 594 g/mol. The van der Waals surface area contributed by atoms with Crippen molar-refractivity contribution in [3.63, 3.8) is 0 Å². The van der Waals surface area contributed by atoms with E-state index in [0.717, 1.165) is 27.5 Å². The fourth-order valence-corrected chi connectivity index (χ4v) is 6.22. The average Bonchev–Trinajstić information content (AvgIpc) is 3.10. The molecule has 1 atom stereocenters. The number of hydrogen-bond acceptors (Lipinski definition) is 6. The molecule has 1 amide bonds. The van der Waals surface area contributed by atoms with E-state index in [2.05, 4.69) is 44.0 Å². The third kappa shape index (κ3) is 5.12. The number of aromatic nitrogens is 3. The zero-order valence-electron chi connectivity index (χ0n) is 19.5. The number of carbonyl (C=O) groups excluding carboxylic acids is 1. The van der Waals surface area contributed by atoms with Crippen LogP contribution in [0.15, 0.2) is 47.8 Å². The molecule has 1 N–H and O–H groups in total. The minimum atomic E-state index is -3.82. The highest BCUT2D eigenvalue weighted by molar-refractivity contribution is 14.1. The van der Waals surface area contributed by atoms with E-state index in [-0.39, 0.29) is 10.9 Å². The predicted octanol–water partition coefficient (Wildman–Crippen LogP) is 5.04. The van der Waals surface area contributed by atoms with Gasteiger partial charge in [-0.2, -0.15) is 0 Å². The van der Waals surface area contributed by atoms with Crippen molar-refractivity contribution in [2.24, 2.45) is 0 Å². The summed E-state index contributed by atoms with van der Waals surface area (Å²) in [6, 6.07) is 6.64. The molecule has 0 radical (unpaired) electrons. The molecular weight excluding hydrogens is 567 g/mol. The minimum Gasteiger partial charge on any atom is -0.444 e. The van der Waals surface area contributed by atoms with Crippen LogP contribution in [0.1, 0.15) is 51.3 Å². The molecule has 0 unspecified atom stereocenters. The molecule has 0 saturated carbocycles. The van der Waals surface area contributed by atoms with E-state index >= 15 is 0 Å². The lowest BCUT2D eigenvalue weighted by molar-refractivity contribution is 0.0502. The Kier molecular flexibility index (Phi) is 6.74. The van der Waals surface area contributed by atoms with Crippen molar-refractivity contribution in [2.75, 3.05) is 0 Å². The van der Waals surface area contributed by atoms with Crippen molar-refractivity contribution in [3.05, 3.63) is 57.7 Å². The Morgan fingerprint density at radius 2 is 1.91 bits per heavy atom. The van der Waals surface area contributed by atoms with Gasteiger partial charge in [-0.25, -0.2) is 27.2 Å². The number of benzene rings is 1. The highest BCUT2D eigenvalue weighted by Gasteiger charge is 2.27. The van der Waals surface area contributed by atoms with E-state index in [9.17, 15) is 13.2 Å². The van der Waals surface area contributed by atoms with Crippen molar-refractivity contribution in [3.8, 4) is 0 Å². The van der Waals surface area contributed by atoms with Gasteiger partial charge in [-0.15, -0.1) is 0 Å². The Hall–Kier alpha value is -2.47. The molecule has 2 heterocycles. The summed E-state index contributed by atoms with van der Waals surface area (Å²) in [7, 11) is -3.82. The first-order chi connectivity index (χ1) is 16.0. The summed E-state index contributed by atoms with van der Waals surface area (Å²) in [5.74, 6) is 0. The summed E-state index contributed by atoms with van der Waals surface area (Å²) in [4.78, 5) is 21.3. The number of fused-ring (bicyclic) bond motifs is 1. The van der Waals surface area contributed by atoms with E-state index in [1.807, 2.05) is 27.7 Å². The molecule has 0 aliphatic heterocycles. The number of carbonyl (C=O) groups is 1. The highest BCUT2D eigenvalue weighted by Crippen LogP contribution is 2.34. The third-order valence-electron chi connectivity index (χ3n) is 5.48. The molecule has 2 aromatic heterocycles. The standard InChI is InChI=1S/C24H27IN4O4S/c1-15-8-10-18(11-9-15)34(31,32)29-13-19(25)20-21(26-14-27-22(20)29)16-6-5-7-17(12-16)28-23(30)33-24(2,3)4/h6,8-11,13-14,17H,5,7,12H2,1-4H3,(H,28,30)/t17-/m1/s1. The van der Waals surface area contributed by atoms with Crippen LogP contribution in [0.5, 0.6) is 0 Å². The zero-order chi connectivity index (χ0) is 24.7. The molecule has 3 aromatic rings. The van der Waals surface area contributed by atoms with Gasteiger partial charge in [-0.05, 0) is 87.3 Å². The Morgan fingerprint density at radius 1 is 1.21 bits per heavy atom. The summed E-state index contributed by atoms with van der Waals surface area (Å²) in [5.41, 5.74) is 2.37. The molecule has 0 bridgehead atoms. The number of halogens is 1. The van der Waals surface area contributed by atoms with Gasteiger partial charge in [0.1, 0.15) is 11.9 Å². The molecule has 1 aliphatic rings. The Bertz CT molecular complexity index is 1370. The highest BCUT2D eigenvalue weighted by atomic mass is 127. The Balaban J connectivity index is 1.68. The van der Waals surface area contributed by atoms with Crippen LogP contribution in [-0.2, 0) is 14.8 Å². The van der Waals surface area contributed by atoms with Gasteiger partial charge in [0.05, 0.1) is 16.0 Å². The summed E-state index contributed by atoms with van der Waals surface area (Å²) in [5, 5.41) is 3.63. The molecule has 0 saturated heterocycles. The molecule has 10 heteroatoms. The molecular formula is C24H27IN4O4S. The summed E-state index contributed by atoms with van der Waals surface area (Å²) >= 11 is 2.12. The van der Waals surface area contributed by atoms with Crippen LogP contribution in [-0.4, -0.2) is 40.1 Å². The maximum absolute atomic E-state index is 13.4. The second kappa shape index (κ2) is 9.29. The van der Waals surface area contributed by atoms with Crippen molar-refractivity contribution < 1.29 is 17.9 Å². The van der Waals surface area contributed by atoms with Crippen LogP contribution in [0, 0.1) is 10.5 Å². The smallest absolute Gasteiger partial charge is 0.407 e. The van der Waals surface area contributed by atoms with Gasteiger partial charge in [0, 0.05) is 15.8 Å². The van der Waals surface area contributed by atoms with E-state index in [4.69, 9.17) is 4.74 Å². The summed E-state index contributed by atoms with van der Waals surface area (Å²) in [6.45, 7) is 7.39. The van der Waals surface area contributed by atoms with Gasteiger partial charge < -0.3 is 10.1 Å². The first kappa shape index (κ1) is 24.6. The van der Waals surface area contributed by atoms with E-state index < -0.39 is 21.7 Å². The number of aryl methyl sites for hydroxylation is 1. The minimum absolute atomic E-state index is 0.101. The van der Waals surface area contributed by atoms with Crippen LogP contribution < -0.4 is 5.32 Å². The van der Waals surface area contributed by atoms with Crippen molar-refractivity contribution >= 4 is 55.3 Å². The second-order valence-electron chi connectivity index (χ2n) is 9.37. The zero-order valence-corrected chi connectivity index (χ0v) is 22.5. The molecule has 8 nitrogen and oxygen atoms in total. The number of nitrogens with one attached hydrogen (secondary N) is 1. The number of amides is 1. The number of hydrogen-bond donors (Lipinski definition) is 1. The van der Waals surface area contributed by atoms with Crippen LogP contribution >= 0.6 is 22.6 Å². The van der Waals surface area contributed by atoms with Crippen LogP contribution in [0.3, 0.4) is 0 Å². The number of alkyl carbamates (subject to hydrolysis) is 1. The number of rotatable bonds is 4. The first-order valence-electron chi connectivity index (χ1n) is 11.0. The number of ether oxygens (including phenoxy) is 1. The molecule has 0 fully saturated rings. The average molecular weight is 594 g/mol. The van der Waals surface area contributed by atoms with Crippen molar-refractivity contribution in [2.45, 2.75) is 63.5 Å². The van der Waals surface area contributed by atoms with E-state index in [0.29, 0.717) is 23.1 Å². The molecule has 34 heavy (non-hydrogen) atoms. The van der Waals surface area contributed by atoms with E-state index in [1.165, 1.54) is 10.3 Å². The van der Waals surface area contributed by atoms with Crippen LogP contribution in [0.25, 0.3) is 16.6 Å². The Labute approximate surface area is 213 Å². The first-order valence-corrected chi connectivity index (χ1v) is 13.5. The third-order valence-corrected chi connectivity index (χ3v) is 7.96. The summed E-state index contributed by atoms with van der Waals surface area (Å²) < 4.78 is 34.1. The summed E-state index contributed by atoms with van der Waals surface area (Å²) in [6.07, 6.45) is 6.74. The maximum atomic E-state index is 13.4. The van der Waals surface area contributed by atoms with Gasteiger partial charge in [-0.3, -0.25) is 0 Å². The maximum Gasteiger partial charge on any atom is 0.407 e. The van der Waals surface area contributed by atoms with Crippen LogP contribution in [0.2, 0.25) is 0 Å². The lowest BCUT2D eigenvalue weighted by atomic mass is 9.92. The van der Waals surface area contributed by atoms with Crippen LogP contribution in [0.4, 0.5) is 4.79 Å². The molecule has 1 aromatic carbocycles. The predicted molar refractivity (Wildman–Crippen MR) is 139 cm³/mol. The van der Waals surface area contributed by atoms with E-state index in [1.54, 1.807) is 30.5 Å². The number of allylic oxidation sites excluding steroid dienone is 1. The molecule has 180 valence electrons. The van der Waals surface area contributed by atoms with Gasteiger partial charge in [0.2, 0.25) is 0 Å². The number of nitrogens with zero attached hydrogens (tertiary/aromatic N) is 3. The molecule has 4 rings (SSSR count). The normalized spacial score (nSPS) is 16.9. The quantitative estimate of drug-likeness (QED) is 0.425. The molecule has 1 aliphatic carbocycles. The lowest BCUT2D eigenvalue weighted by Crippen LogP contribution is -2.39. The fourth-order valence-electron chi connectivity index (χ4n) is 3.94. The van der Waals surface area contributed by atoms with Gasteiger partial charge in [0.15, 0.2) is 5.65 Å². The van der Waals surface area contributed by atoms with Gasteiger partial charge in [-0.1, -0.05) is 23.8 Å². The van der Waals surface area contributed by atoms with Crippen molar-refractivity contribution in [1.82, 2.24) is 19.3 Å². The fraction of sp³-hybridized carbons (Fsp3) is 0.375. The topological polar surface area (TPSA) is 103 Å². The van der Waals surface area contributed by atoms with Gasteiger partial charge >= 0.3 is 6.09 Å². The van der Waals surface area contributed by atoms with Gasteiger partial charge in [0.25, 0.3) is 10.0 Å². The molecule has 0 spiro atoms. The van der Waals surface area contributed by atoms with Crippen molar-refractivity contribution in [1.29, 1.82) is 0 Å². The lowest BCUT2D eigenvalue weighted by Gasteiger charge is -2.26. The Morgan fingerprint density at radius 3 is 2.59 bits per heavy atom. The second-order valence-corrected chi connectivity index (χ2v) is 12.3. The SMILES string of the molecule is Cc1ccc(S(=O)(=O)n2cc(I)c3c(C4=CCC[C@@H](NC(=O)OC(C)(C)C)C4)ncnc32)cc1.